The molecule has 0 radical (unpaired) electrons. The molecule has 3 nitrogen and oxygen atoms in total. The van der Waals surface area contributed by atoms with Crippen molar-refractivity contribution in [1.29, 1.82) is 0 Å². The van der Waals surface area contributed by atoms with Crippen molar-refractivity contribution in [2.24, 2.45) is 5.92 Å². The summed E-state index contributed by atoms with van der Waals surface area (Å²) in [5.41, 5.74) is 2.25. The second kappa shape index (κ2) is 6.24. The van der Waals surface area contributed by atoms with Gasteiger partial charge in [0.25, 0.3) is 0 Å². The van der Waals surface area contributed by atoms with Crippen molar-refractivity contribution in [1.82, 2.24) is 9.78 Å². The third-order valence-corrected chi connectivity index (χ3v) is 3.39. The Morgan fingerprint density at radius 2 is 1.94 bits per heavy atom. The Kier molecular flexibility index (Phi) is 4.40. The number of hydrogen-bond donors (Lipinski definition) is 1. The molecule has 1 aromatic carbocycles. The van der Waals surface area contributed by atoms with E-state index in [2.05, 4.69) is 42.5 Å². The first-order chi connectivity index (χ1) is 8.85. The Bertz CT molecular complexity index is 458. The molecule has 0 atom stereocenters. The van der Waals surface area contributed by atoms with Crippen LogP contribution < -0.4 is 5.32 Å². The van der Waals surface area contributed by atoms with Crippen LogP contribution in [-0.4, -0.2) is 16.3 Å². The highest BCUT2D eigenvalue weighted by Crippen LogP contribution is 2.20. The van der Waals surface area contributed by atoms with Crippen molar-refractivity contribution in [3.05, 3.63) is 42.7 Å². The molecule has 0 saturated heterocycles. The molecular weight excluding hydrogens is 222 g/mol. The Morgan fingerprint density at radius 3 is 2.61 bits per heavy atom. The summed E-state index contributed by atoms with van der Waals surface area (Å²) in [6, 6.07) is 10.2. The fourth-order valence-electron chi connectivity index (χ4n) is 2.07. The van der Waals surface area contributed by atoms with E-state index >= 15 is 0 Å². The van der Waals surface area contributed by atoms with Gasteiger partial charge in [0, 0.05) is 18.9 Å². The number of nitrogens with zero attached hydrogens (tertiary/aromatic N) is 2. The minimum absolute atomic E-state index is 0.732. The molecule has 0 amide bonds. The van der Waals surface area contributed by atoms with Gasteiger partial charge in [0.05, 0.1) is 11.4 Å². The molecule has 1 N–H and O–H groups in total. The predicted octanol–water partition coefficient (Wildman–Crippen LogP) is 3.72. The highest BCUT2D eigenvalue weighted by Gasteiger charge is 2.06. The maximum Gasteiger partial charge on any atom is 0.0876 e. The van der Waals surface area contributed by atoms with E-state index < -0.39 is 0 Å². The van der Waals surface area contributed by atoms with Crippen LogP contribution in [0.3, 0.4) is 0 Å². The van der Waals surface area contributed by atoms with Crippen molar-refractivity contribution in [3.63, 3.8) is 0 Å². The molecule has 0 aliphatic carbocycles. The Labute approximate surface area is 109 Å². The molecule has 1 aromatic heterocycles. The van der Waals surface area contributed by atoms with Gasteiger partial charge in [0.15, 0.2) is 0 Å². The Hall–Kier alpha value is -1.77. The van der Waals surface area contributed by atoms with Crippen LogP contribution in [0, 0.1) is 5.92 Å². The monoisotopic (exact) mass is 243 g/mol. The number of aromatic nitrogens is 2. The van der Waals surface area contributed by atoms with Crippen LogP contribution in [0.15, 0.2) is 42.7 Å². The minimum atomic E-state index is 0.732. The molecular formula is C15H21N3. The molecule has 18 heavy (non-hydrogen) atoms. The van der Waals surface area contributed by atoms with Gasteiger partial charge in [-0.3, -0.25) is 0 Å². The van der Waals surface area contributed by atoms with Gasteiger partial charge in [0.2, 0.25) is 0 Å². The molecule has 2 rings (SSSR count). The first-order valence-electron chi connectivity index (χ1n) is 6.68. The van der Waals surface area contributed by atoms with Crippen LogP contribution in [-0.2, 0) is 0 Å². The van der Waals surface area contributed by atoms with E-state index in [1.165, 1.54) is 12.8 Å². The van der Waals surface area contributed by atoms with Gasteiger partial charge in [-0.1, -0.05) is 38.8 Å². The molecule has 0 unspecified atom stereocenters. The summed E-state index contributed by atoms with van der Waals surface area (Å²) in [5.74, 6) is 0.732. The maximum absolute atomic E-state index is 4.29. The number of rotatable bonds is 6. The van der Waals surface area contributed by atoms with Gasteiger partial charge in [-0.2, -0.15) is 5.10 Å². The van der Waals surface area contributed by atoms with Crippen LogP contribution in [0.4, 0.5) is 5.69 Å². The summed E-state index contributed by atoms with van der Waals surface area (Å²) in [6.45, 7) is 5.51. The van der Waals surface area contributed by atoms with E-state index in [1.807, 2.05) is 23.0 Å². The third-order valence-electron chi connectivity index (χ3n) is 3.39. The average Bonchev–Trinajstić information content (AvgIpc) is 2.94. The second-order valence-electron chi connectivity index (χ2n) is 4.53. The van der Waals surface area contributed by atoms with Gasteiger partial charge in [-0.15, -0.1) is 0 Å². The summed E-state index contributed by atoms with van der Waals surface area (Å²) >= 11 is 0. The first-order valence-corrected chi connectivity index (χ1v) is 6.68. The zero-order valence-electron chi connectivity index (χ0n) is 11.1. The molecule has 0 aliphatic rings. The molecule has 0 spiro atoms. The molecule has 0 saturated carbocycles. The third kappa shape index (κ3) is 2.92. The summed E-state index contributed by atoms with van der Waals surface area (Å²) in [7, 11) is 0. The van der Waals surface area contributed by atoms with Crippen LogP contribution >= 0.6 is 0 Å². The van der Waals surface area contributed by atoms with Crippen LogP contribution in [0.2, 0.25) is 0 Å². The van der Waals surface area contributed by atoms with E-state index in [4.69, 9.17) is 0 Å². The quantitative estimate of drug-likeness (QED) is 0.838. The van der Waals surface area contributed by atoms with Gasteiger partial charge < -0.3 is 5.32 Å². The summed E-state index contributed by atoms with van der Waals surface area (Å²) in [4.78, 5) is 0. The number of nitrogens with one attached hydrogen (secondary N) is 1. The molecule has 1 heterocycles. The second-order valence-corrected chi connectivity index (χ2v) is 4.53. The minimum Gasteiger partial charge on any atom is -0.383 e. The van der Waals surface area contributed by atoms with Gasteiger partial charge in [-0.25, -0.2) is 4.68 Å². The molecule has 96 valence electrons. The summed E-state index contributed by atoms with van der Waals surface area (Å²) in [5, 5.41) is 7.83. The standard InChI is InChI=1S/C15H21N3/c1-3-13(4-2)12-16-14-8-5-6-9-15(14)18-11-7-10-17-18/h5-11,13,16H,3-4,12H2,1-2H3. The van der Waals surface area contributed by atoms with Crippen molar-refractivity contribution >= 4 is 5.69 Å². The van der Waals surface area contributed by atoms with Crippen molar-refractivity contribution in [3.8, 4) is 5.69 Å². The number of benzene rings is 1. The number of hydrogen-bond acceptors (Lipinski definition) is 2. The van der Waals surface area contributed by atoms with E-state index in [-0.39, 0.29) is 0 Å². The summed E-state index contributed by atoms with van der Waals surface area (Å²) < 4.78 is 1.90. The maximum atomic E-state index is 4.29. The highest BCUT2D eigenvalue weighted by molar-refractivity contribution is 5.60. The fraction of sp³-hybridized carbons (Fsp3) is 0.400. The molecule has 0 fully saturated rings. The SMILES string of the molecule is CCC(CC)CNc1ccccc1-n1cccn1. The number of para-hydroxylation sites is 2. The zero-order chi connectivity index (χ0) is 12.8. The molecule has 2 aromatic rings. The lowest BCUT2D eigenvalue weighted by molar-refractivity contribution is 0.519. The van der Waals surface area contributed by atoms with E-state index in [0.717, 1.165) is 23.8 Å². The fourth-order valence-corrected chi connectivity index (χ4v) is 2.07. The van der Waals surface area contributed by atoms with Crippen molar-refractivity contribution < 1.29 is 0 Å². The lowest BCUT2D eigenvalue weighted by Gasteiger charge is -2.16. The van der Waals surface area contributed by atoms with E-state index in [9.17, 15) is 0 Å². The summed E-state index contributed by atoms with van der Waals surface area (Å²) in [6.07, 6.45) is 6.20. The van der Waals surface area contributed by atoms with Gasteiger partial charge in [-0.05, 0) is 24.1 Å². The first kappa shape index (κ1) is 12.7. The van der Waals surface area contributed by atoms with Gasteiger partial charge >= 0.3 is 0 Å². The molecule has 0 aliphatic heterocycles. The van der Waals surface area contributed by atoms with Crippen LogP contribution in [0.1, 0.15) is 26.7 Å². The van der Waals surface area contributed by atoms with Crippen molar-refractivity contribution in [2.45, 2.75) is 26.7 Å². The zero-order valence-corrected chi connectivity index (χ0v) is 11.1. The predicted molar refractivity (Wildman–Crippen MR) is 76.1 cm³/mol. The lowest BCUT2D eigenvalue weighted by Crippen LogP contribution is -2.14. The highest BCUT2D eigenvalue weighted by atomic mass is 15.3. The number of anilines is 1. The smallest absolute Gasteiger partial charge is 0.0876 e. The van der Waals surface area contributed by atoms with E-state index in [0.29, 0.717) is 0 Å². The Morgan fingerprint density at radius 1 is 1.17 bits per heavy atom. The van der Waals surface area contributed by atoms with Crippen LogP contribution in [0.25, 0.3) is 5.69 Å². The lowest BCUT2D eigenvalue weighted by atomic mass is 10.0. The van der Waals surface area contributed by atoms with E-state index in [1.54, 1.807) is 6.20 Å². The molecule has 0 bridgehead atoms. The topological polar surface area (TPSA) is 29.9 Å². The largest absolute Gasteiger partial charge is 0.383 e. The normalized spacial score (nSPS) is 10.8. The molecule has 3 heteroatoms. The van der Waals surface area contributed by atoms with Crippen LogP contribution in [0.5, 0.6) is 0 Å². The average molecular weight is 243 g/mol. The Balaban J connectivity index is 2.13. The van der Waals surface area contributed by atoms with Crippen molar-refractivity contribution in [2.75, 3.05) is 11.9 Å². The van der Waals surface area contributed by atoms with Gasteiger partial charge in [0.1, 0.15) is 0 Å².